The highest BCUT2D eigenvalue weighted by Crippen LogP contribution is 2.38. The van der Waals surface area contributed by atoms with E-state index in [0.717, 1.165) is 28.7 Å². The number of hydrogen-bond acceptors (Lipinski definition) is 3. The molecule has 0 amide bonds. The van der Waals surface area contributed by atoms with Gasteiger partial charge in [0.2, 0.25) is 0 Å². The number of allylic oxidation sites excluding steroid dienone is 1. The second-order valence-corrected chi connectivity index (χ2v) is 4.52. The van der Waals surface area contributed by atoms with Crippen LogP contribution in [0.3, 0.4) is 0 Å². The standard InChI is InChI=1S/C16H13NO2/c1-11-3-2-4-14-16(11)13(10-18)9-15(19-14)12-5-7-17-8-6-12/h2-10,13H,1H3. The lowest BCUT2D eigenvalue weighted by Gasteiger charge is -2.23. The van der Waals surface area contributed by atoms with Crippen molar-refractivity contribution in [3.63, 3.8) is 0 Å². The lowest BCUT2D eigenvalue weighted by molar-refractivity contribution is -0.108. The van der Waals surface area contributed by atoms with Crippen molar-refractivity contribution in [2.24, 2.45) is 0 Å². The molecule has 0 saturated carbocycles. The molecule has 1 atom stereocenters. The van der Waals surface area contributed by atoms with Gasteiger partial charge in [-0.3, -0.25) is 4.98 Å². The molecule has 1 aromatic carbocycles. The van der Waals surface area contributed by atoms with E-state index in [1.54, 1.807) is 12.4 Å². The van der Waals surface area contributed by atoms with E-state index in [1.165, 1.54) is 0 Å². The molecule has 0 N–H and O–H groups in total. The third kappa shape index (κ3) is 2.03. The molecule has 0 fully saturated rings. The van der Waals surface area contributed by atoms with E-state index in [-0.39, 0.29) is 5.92 Å². The van der Waals surface area contributed by atoms with Gasteiger partial charge in [-0.05, 0) is 36.8 Å². The van der Waals surface area contributed by atoms with Gasteiger partial charge >= 0.3 is 0 Å². The molecule has 0 aliphatic carbocycles. The zero-order valence-corrected chi connectivity index (χ0v) is 10.5. The summed E-state index contributed by atoms with van der Waals surface area (Å²) in [6.45, 7) is 1.99. The maximum absolute atomic E-state index is 11.3. The van der Waals surface area contributed by atoms with Crippen LogP contribution in [-0.4, -0.2) is 11.3 Å². The van der Waals surface area contributed by atoms with Crippen molar-refractivity contribution in [3.8, 4) is 5.75 Å². The monoisotopic (exact) mass is 251 g/mol. The zero-order valence-electron chi connectivity index (χ0n) is 10.5. The molecule has 3 rings (SSSR count). The number of pyridine rings is 1. The van der Waals surface area contributed by atoms with E-state index >= 15 is 0 Å². The molecule has 0 bridgehead atoms. The van der Waals surface area contributed by atoms with Crippen LogP contribution in [0.4, 0.5) is 0 Å². The minimum atomic E-state index is -0.256. The maximum atomic E-state index is 11.3. The maximum Gasteiger partial charge on any atom is 0.131 e. The predicted octanol–water partition coefficient (Wildman–Crippen LogP) is 3.11. The first-order valence-electron chi connectivity index (χ1n) is 6.14. The highest BCUT2D eigenvalue weighted by molar-refractivity contribution is 5.77. The Morgan fingerprint density at radius 1 is 1.21 bits per heavy atom. The fraction of sp³-hybridized carbons (Fsp3) is 0.125. The molecule has 1 aliphatic rings. The Kier molecular flexibility index (Phi) is 2.88. The number of aldehydes is 1. The summed E-state index contributed by atoms with van der Waals surface area (Å²) >= 11 is 0. The molecule has 1 aliphatic heterocycles. The molecule has 0 saturated heterocycles. The normalized spacial score (nSPS) is 17.1. The van der Waals surface area contributed by atoms with Crippen LogP contribution in [0, 0.1) is 6.92 Å². The topological polar surface area (TPSA) is 39.2 Å². The van der Waals surface area contributed by atoms with Crippen LogP contribution in [0.1, 0.15) is 22.6 Å². The number of nitrogens with zero attached hydrogens (tertiary/aromatic N) is 1. The van der Waals surface area contributed by atoms with Gasteiger partial charge in [-0.2, -0.15) is 0 Å². The van der Waals surface area contributed by atoms with Gasteiger partial charge in [0.15, 0.2) is 0 Å². The van der Waals surface area contributed by atoms with E-state index in [2.05, 4.69) is 4.98 Å². The van der Waals surface area contributed by atoms with Crippen LogP contribution in [0.5, 0.6) is 5.75 Å². The minimum absolute atomic E-state index is 0.256. The third-order valence-electron chi connectivity index (χ3n) is 3.28. The van der Waals surface area contributed by atoms with Crippen molar-refractivity contribution in [3.05, 3.63) is 65.5 Å². The van der Waals surface area contributed by atoms with Crippen LogP contribution < -0.4 is 4.74 Å². The van der Waals surface area contributed by atoms with Crippen LogP contribution in [0.2, 0.25) is 0 Å². The zero-order chi connectivity index (χ0) is 13.2. The number of carbonyl (C=O) groups excluding carboxylic acids is 1. The van der Waals surface area contributed by atoms with Crippen LogP contribution >= 0.6 is 0 Å². The molecule has 1 aromatic heterocycles. The van der Waals surface area contributed by atoms with Gasteiger partial charge in [0.05, 0.1) is 5.92 Å². The Hall–Kier alpha value is -2.42. The van der Waals surface area contributed by atoms with Crippen molar-refractivity contribution in [2.75, 3.05) is 0 Å². The fourth-order valence-corrected chi connectivity index (χ4v) is 2.35. The third-order valence-corrected chi connectivity index (χ3v) is 3.28. The van der Waals surface area contributed by atoms with Crippen molar-refractivity contribution in [1.82, 2.24) is 4.98 Å². The average Bonchev–Trinajstić information content (AvgIpc) is 2.47. The summed E-state index contributed by atoms with van der Waals surface area (Å²) in [5.41, 5.74) is 2.95. The van der Waals surface area contributed by atoms with E-state index in [9.17, 15) is 4.79 Å². The molecular formula is C16H13NO2. The Morgan fingerprint density at radius 2 is 2.00 bits per heavy atom. The SMILES string of the molecule is Cc1cccc2c1C(C=O)C=C(c1ccncc1)O2. The first-order chi connectivity index (χ1) is 9.29. The van der Waals surface area contributed by atoms with E-state index in [1.807, 2.05) is 43.3 Å². The largest absolute Gasteiger partial charge is 0.457 e. The summed E-state index contributed by atoms with van der Waals surface area (Å²) in [6, 6.07) is 9.56. The molecule has 0 spiro atoms. The van der Waals surface area contributed by atoms with E-state index < -0.39 is 0 Å². The smallest absolute Gasteiger partial charge is 0.131 e. The minimum Gasteiger partial charge on any atom is -0.457 e. The number of rotatable bonds is 2. The van der Waals surface area contributed by atoms with Gasteiger partial charge < -0.3 is 9.53 Å². The summed E-state index contributed by atoms with van der Waals surface area (Å²) in [7, 11) is 0. The quantitative estimate of drug-likeness (QED) is 0.770. The Balaban J connectivity index is 2.09. The number of benzene rings is 1. The van der Waals surface area contributed by atoms with Gasteiger partial charge in [-0.15, -0.1) is 0 Å². The van der Waals surface area contributed by atoms with Gasteiger partial charge in [0.1, 0.15) is 17.8 Å². The van der Waals surface area contributed by atoms with E-state index in [0.29, 0.717) is 5.76 Å². The highest BCUT2D eigenvalue weighted by atomic mass is 16.5. The molecule has 1 unspecified atom stereocenters. The number of ether oxygens (including phenoxy) is 1. The Labute approximate surface area is 111 Å². The average molecular weight is 251 g/mol. The lowest BCUT2D eigenvalue weighted by Crippen LogP contribution is -2.11. The number of aryl methyl sites for hydroxylation is 1. The molecule has 2 heterocycles. The summed E-state index contributed by atoms with van der Waals surface area (Å²) in [4.78, 5) is 15.3. The number of carbonyl (C=O) groups is 1. The highest BCUT2D eigenvalue weighted by Gasteiger charge is 2.23. The number of aromatic nitrogens is 1. The second kappa shape index (κ2) is 4.69. The molecule has 19 heavy (non-hydrogen) atoms. The molecule has 2 aromatic rings. The molecule has 3 heteroatoms. The van der Waals surface area contributed by atoms with Crippen molar-refractivity contribution >= 4 is 12.0 Å². The van der Waals surface area contributed by atoms with Gasteiger partial charge in [-0.25, -0.2) is 0 Å². The predicted molar refractivity (Wildman–Crippen MR) is 72.8 cm³/mol. The Morgan fingerprint density at radius 3 is 2.74 bits per heavy atom. The van der Waals surface area contributed by atoms with Gasteiger partial charge in [-0.1, -0.05) is 12.1 Å². The van der Waals surface area contributed by atoms with Gasteiger partial charge in [0, 0.05) is 23.5 Å². The number of hydrogen-bond donors (Lipinski definition) is 0. The first-order valence-corrected chi connectivity index (χ1v) is 6.14. The van der Waals surface area contributed by atoms with E-state index in [4.69, 9.17) is 4.74 Å². The number of fused-ring (bicyclic) bond motifs is 1. The van der Waals surface area contributed by atoms with Gasteiger partial charge in [0.25, 0.3) is 0 Å². The first kappa shape index (κ1) is 11.7. The van der Waals surface area contributed by atoms with Crippen molar-refractivity contribution in [1.29, 1.82) is 0 Å². The summed E-state index contributed by atoms with van der Waals surface area (Å²) in [5, 5.41) is 0. The molecule has 0 radical (unpaired) electrons. The van der Waals surface area contributed by atoms with Crippen molar-refractivity contribution in [2.45, 2.75) is 12.8 Å². The molecule has 94 valence electrons. The van der Waals surface area contributed by atoms with Crippen molar-refractivity contribution < 1.29 is 9.53 Å². The Bertz CT molecular complexity index is 647. The summed E-state index contributed by atoms with van der Waals surface area (Å²) in [5.74, 6) is 1.21. The molecular weight excluding hydrogens is 238 g/mol. The lowest BCUT2D eigenvalue weighted by atomic mass is 9.91. The second-order valence-electron chi connectivity index (χ2n) is 4.52. The fourth-order valence-electron chi connectivity index (χ4n) is 2.35. The summed E-state index contributed by atoms with van der Waals surface area (Å²) in [6.07, 6.45) is 6.23. The molecule has 3 nitrogen and oxygen atoms in total. The van der Waals surface area contributed by atoms with Crippen LogP contribution in [0.15, 0.2) is 48.8 Å². The summed E-state index contributed by atoms with van der Waals surface area (Å²) < 4.78 is 5.91. The van der Waals surface area contributed by atoms with Crippen LogP contribution in [-0.2, 0) is 4.79 Å². The van der Waals surface area contributed by atoms with Crippen LogP contribution in [0.25, 0.3) is 5.76 Å².